The predicted octanol–water partition coefficient (Wildman–Crippen LogP) is 0.742. The molecule has 0 saturated heterocycles. The third kappa shape index (κ3) is 3.70. The molecule has 2 unspecified atom stereocenters. The molecule has 0 saturated carbocycles. The van der Waals surface area contributed by atoms with E-state index in [9.17, 15) is 15.0 Å². The van der Waals surface area contributed by atoms with E-state index in [0.717, 1.165) is 0 Å². The number of carbonyl (C=O) groups excluding carboxylic acids is 1. The Kier molecular flexibility index (Phi) is 5.10. The number of hydrogen-bond donors (Lipinski definition) is 3. The minimum atomic E-state index is -1.26. The van der Waals surface area contributed by atoms with Crippen molar-refractivity contribution in [3.8, 4) is 6.07 Å². The average molecular weight is 269 g/mol. The molecule has 1 amide bonds. The van der Waals surface area contributed by atoms with Gasteiger partial charge < -0.3 is 15.5 Å². The summed E-state index contributed by atoms with van der Waals surface area (Å²) in [4.78, 5) is 10.7. The van der Waals surface area contributed by atoms with Gasteiger partial charge in [0.15, 0.2) is 0 Å². The van der Waals surface area contributed by atoms with Crippen molar-refractivity contribution < 1.29 is 15.0 Å². The molecule has 1 rings (SSSR count). The standard InChI is InChI=1S/C12H13ClN2O3/c1-7(16)15-6-11(17)12(18)10-3-2-9(13)4-8(10)5-14/h2-4,11-12,17-18H,6H2,1H3,(H,15,16). The Morgan fingerprint density at radius 3 is 2.78 bits per heavy atom. The summed E-state index contributed by atoms with van der Waals surface area (Å²) in [6.45, 7) is 1.21. The molecule has 0 bridgehead atoms. The lowest BCUT2D eigenvalue weighted by Gasteiger charge is -2.19. The lowest BCUT2D eigenvalue weighted by atomic mass is 9.99. The number of nitrogens with one attached hydrogen (secondary N) is 1. The van der Waals surface area contributed by atoms with Crippen molar-refractivity contribution in [2.75, 3.05) is 6.54 Å². The van der Waals surface area contributed by atoms with Gasteiger partial charge in [-0.25, -0.2) is 0 Å². The van der Waals surface area contributed by atoms with E-state index in [1.165, 1.54) is 25.1 Å². The Labute approximate surface area is 110 Å². The van der Waals surface area contributed by atoms with E-state index in [1.54, 1.807) is 0 Å². The minimum absolute atomic E-state index is 0.0933. The smallest absolute Gasteiger partial charge is 0.216 e. The minimum Gasteiger partial charge on any atom is -0.388 e. The molecule has 0 aliphatic heterocycles. The molecule has 0 aliphatic rings. The lowest BCUT2D eigenvalue weighted by molar-refractivity contribution is -0.119. The van der Waals surface area contributed by atoms with E-state index in [1.807, 2.05) is 6.07 Å². The number of benzene rings is 1. The first kappa shape index (κ1) is 14.5. The van der Waals surface area contributed by atoms with E-state index in [2.05, 4.69) is 5.32 Å². The number of halogens is 1. The second-order valence-electron chi connectivity index (χ2n) is 3.79. The van der Waals surface area contributed by atoms with Crippen LogP contribution in [0.4, 0.5) is 0 Å². The monoisotopic (exact) mass is 268 g/mol. The number of amides is 1. The van der Waals surface area contributed by atoms with Gasteiger partial charge >= 0.3 is 0 Å². The summed E-state index contributed by atoms with van der Waals surface area (Å²) in [6, 6.07) is 6.30. The van der Waals surface area contributed by atoms with Crippen LogP contribution in [0.5, 0.6) is 0 Å². The van der Waals surface area contributed by atoms with Gasteiger partial charge in [0.2, 0.25) is 5.91 Å². The van der Waals surface area contributed by atoms with Gasteiger partial charge in [0, 0.05) is 24.1 Å². The molecule has 3 N–H and O–H groups in total. The van der Waals surface area contributed by atoms with Crippen molar-refractivity contribution in [1.82, 2.24) is 5.32 Å². The zero-order valence-electron chi connectivity index (χ0n) is 9.72. The Morgan fingerprint density at radius 1 is 1.56 bits per heavy atom. The van der Waals surface area contributed by atoms with Crippen molar-refractivity contribution in [2.24, 2.45) is 0 Å². The van der Waals surface area contributed by atoms with Gasteiger partial charge in [-0.2, -0.15) is 5.26 Å². The number of nitriles is 1. The van der Waals surface area contributed by atoms with Crippen LogP contribution >= 0.6 is 11.6 Å². The summed E-state index contributed by atoms with van der Waals surface area (Å²) in [7, 11) is 0. The Bertz CT molecular complexity index is 485. The maximum Gasteiger partial charge on any atom is 0.216 e. The van der Waals surface area contributed by atoms with Crippen LogP contribution in [-0.4, -0.2) is 28.8 Å². The van der Waals surface area contributed by atoms with E-state index in [0.29, 0.717) is 5.02 Å². The van der Waals surface area contributed by atoms with Gasteiger partial charge in [-0.1, -0.05) is 17.7 Å². The van der Waals surface area contributed by atoms with Gasteiger partial charge in [0.05, 0.1) is 11.6 Å². The van der Waals surface area contributed by atoms with Crippen LogP contribution in [0.15, 0.2) is 18.2 Å². The van der Waals surface area contributed by atoms with Crippen molar-refractivity contribution >= 4 is 17.5 Å². The van der Waals surface area contributed by atoms with Crippen LogP contribution in [0, 0.1) is 11.3 Å². The highest BCUT2D eigenvalue weighted by Crippen LogP contribution is 2.23. The summed E-state index contributed by atoms with van der Waals surface area (Å²) in [5, 5.41) is 31.3. The average Bonchev–Trinajstić information content (AvgIpc) is 2.34. The Hall–Kier alpha value is -1.61. The van der Waals surface area contributed by atoms with Crippen LogP contribution in [0.3, 0.4) is 0 Å². The first-order valence-electron chi connectivity index (χ1n) is 5.25. The van der Waals surface area contributed by atoms with Crippen molar-refractivity contribution in [2.45, 2.75) is 19.1 Å². The quantitative estimate of drug-likeness (QED) is 0.751. The first-order valence-corrected chi connectivity index (χ1v) is 5.63. The zero-order chi connectivity index (χ0) is 13.7. The molecule has 6 heteroatoms. The van der Waals surface area contributed by atoms with Gasteiger partial charge in [0.1, 0.15) is 12.2 Å². The van der Waals surface area contributed by atoms with Crippen LogP contribution in [0.1, 0.15) is 24.2 Å². The molecular formula is C12H13ClN2O3. The summed E-state index contributed by atoms with van der Waals surface area (Å²) in [5.74, 6) is -0.308. The third-order valence-electron chi connectivity index (χ3n) is 2.38. The summed E-state index contributed by atoms with van der Waals surface area (Å²) < 4.78 is 0. The largest absolute Gasteiger partial charge is 0.388 e. The Balaban J connectivity index is 2.86. The molecule has 0 fully saturated rings. The molecule has 2 atom stereocenters. The first-order chi connectivity index (χ1) is 8.45. The fourth-order valence-electron chi connectivity index (χ4n) is 1.45. The third-order valence-corrected chi connectivity index (χ3v) is 2.61. The maximum absolute atomic E-state index is 10.7. The predicted molar refractivity (Wildman–Crippen MR) is 65.8 cm³/mol. The molecule has 1 aromatic carbocycles. The van der Waals surface area contributed by atoms with E-state index in [4.69, 9.17) is 16.9 Å². The van der Waals surface area contributed by atoms with Crippen molar-refractivity contribution in [3.63, 3.8) is 0 Å². The van der Waals surface area contributed by atoms with Crippen LogP contribution in [0.2, 0.25) is 5.02 Å². The van der Waals surface area contributed by atoms with Crippen LogP contribution < -0.4 is 5.32 Å². The van der Waals surface area contributed by atoms with Gasteiger partial charge in [-0.15, -0.1) is 0 Å². The number of rotatable bonds is 4. The number of hydrogen-bond acceptors (Lipinski definition) is 4. The number of nitrogens with zero attached hydrogens (tertiary/aromatic N) is 1. The molecule has 1 aromatic rings. The van der Waals surface area contributed by atoms with Crippen LogP contribution in [-0.2, 0) is 4.79 Å². The summed E-state index contributed by atoms with van der Waals surface area (Å²) in [5.41, 5.74) is 0.469. The van der Waals surface area contributed by atoms with E-state index in [-0.39, 0.29) is 23.6 Å². The zero-order valence-corrected chi connectivity index (χ0v) is 10.5. The maximum atomic E-state index is 10.7. The molecule has 0 radical (unpaired) electrons. The molecule has 0 heterocycles. The number of carbonyl (C=O) groups is 1. The van der Waals surface area contributed by atoms with E-state index < -0.39 is 12.2 Å². The van der Waals surface area contributed by atoms with Gasteiger partial charge in [-0.3, -0.25) is 4.79 Å². The van der Waals surface area contributed by atoms with Crippen LogP contribution in [0.25, 0.3) is 0 Å². The van der Waals surface area contributed by atoms with Gasteiger partial charge in [-0.05, 0) is 12.1 Å². The topological polar surface area (TPSA) is 93.3 Å². The molecule has 0 spiro atoms. The number of aliphatic hydroxyl groups excluding tert-OH is 2. The fraction of sp³-hybridized carbons (Fsp3) is 0.333. The SMILES string of the molecule is CC(=O)NCC(O)C(O)c1ccc(Cl)cc1C#N. The van der Waals surface area contributed by atoms with Gasteiger partial charge in [0.25, 0.3) is 0 Å². The highest BCUT2D eigenvalue weighted by Gasteiger charge is 2.21. The summed E-state index contributed by atoms with van der Waals surface area (Å²) >= 11 is 5.73. The molecular weight excluding hydrogens is 256 g/mol. The van der Waals surface area contributed by atoms with E-state index >= 15 is 0 Å². The lowest BCUT2D eigenvalue weighted by Crippen LogP contribution is -2.34. The molecule has 5 nitrogen and oxygen atoms in total. The normalized spacial score (nSPS) is 13.5. The summed E-state index contributed by atoms with van der Waals surface area (Å²) in [6.07, 6.45) is -2.45. The Morgan fingerprint density at radius 2 is 2.22 bits per heavy atom. The fourth-order valence-corrected chi connectivity index (χ4v) is 1.62. The second kappa shape index (κ2) is 6.36. The van der Waals surface area contributed by atoms with Crippen molar-refractivity contribution in [1.29, 1.82) is 5.26 Å². The number of aliphatic hydroxyl groups is 2. The highest BCUT2D eigenvalue weighted by molar-refractivity contribution is 6.30. The van der Waals surface area contributed by atoms with Crippen molar-refractivity contribution in [3.05, 3.63) is 34.3 Å². The highest BCUT2D eigenvalue weighted by atomic mass is 35.5. The molecule has 96 valence electrons. The second-order valence-corrected chi connectivity index (χ2v) is 4.23. The molecule has 18 heavy (non-hydrogen) atoms. The molecule has 0 aromatic heterocycles. The molecule has 0 aliphatic carbocycles.